The Balaban J connectivity index is 1.38. The summed E-state index contributed by atoms with van der Waals surface area (Å²) in [6.45, 7) is 3.39. The maximum atomic E-state index is 12.3. The van der Waals surface area contributed by atoms with E-state index >= 15 is 0 Å². The van der Waals surface area contributed by atoms with Crippen molar-refractivity contribution in [3.63, 3.8) is 0 Å². The van der Waals surface area contributed by atoms with Gasteiger partial charge >= 0.3 is 6.61 Å². The molecule has 0 bridgehead atoms. The van der Waals surface area contributed by atoms with Gasteiger partial charge in [0.05, 0.1) is 0 Å². The fraction of sp³-hybridized carbons (Fsp3) is 0.400. The van der Waals surface area contributed by atoms with Crippen LogP contribution in [0.4, 0.5) is 8.78 Å². The Morgan fingerprint density at radius 2 is 1.54 bits per heavy atom. The Morgan fingerprint density at radius 3 is 2.27 bits per heavy atom. The van der Waals surface area contributed by atoms with E-state index in [1.54, 1.807) is 18.2 Å². The number of ether oxygens (including phenoxy) is 2. The predicted molar refractivity (Wildman–Crippen MR) is 96.7 cm³/mol. The molecule has 1 aliphatic heterocycles. The Hall–Kier alpha value is -2.18. The molecule has 0 N–H and O–H groups in total. The normalized spacial score (nSPS) is 16.0. The number of benzene rings is 2. The van der Waals surface area contributed by atoms with Gasteiger partial charge in [0.1, 0.15) is 18.1 Å². The molecular formula is C20H24F2N2O2. The molecule has 0 atom stereocenters. The molecule has 1 saturated heterocycles. The van der Waals surface area contributed by atoms with Gasteiger partial charge in [-0.3, -0.25) is 9.80 Å². The summed E-state index contributed by atoms with van der Waals surface area (Å²) in [6.07, 6.45) is 0. The molecule has 0 aliphatic carbocycles. The van der Waals surface area contributed by atoms with Crippen molar-refractivity contribution < 1.29 is 18.3 Å². The molecule has 2 aromatic carbocycles. The fourth-order valence-electron chi connectivity index (χ4n) is 3.06. The number of hydrogen-bond donors (Lipinski definition) is 0. The van der Waals surface area contributed by atoms with Gasteiger partial charge in [-0.15, -0.1) is 0 Å². The van der Waals surface area contributed by atoms with Gasteiger partial charge in [-0.05, 0) is 29.8 Å². The average molecular weight is 362 g/mol. The largest absolute Gasteiger partial charge is 0.492 e. The van der Waals surface area contributed by atoms with Crippen LogP contribution in [0.2, 0.25) is 0 Å². The molecular weight excluding hydrogens is 338 g/mol. The molecule has 1 fully saturated rings. The lowest BCUT2D eigenvalue weighted by atomic mass is 10.2. The number of alkyl halides is 2. The molecule has 0 amide bonds. The number of piperazine rings is 1. The molecule has 2 aromatic rings. The van der Waals surface area contributed by atoms with Gasteiger partial charge in [0.15, 0.2) is 0 Å². The smallest absolute Gasteiger partial charge is 0.387 e. The Morgan fingerprint density at radius 1 is 0.846 bits per heavy atom. The minimum atomic E-state index is -2.79. The minimum absolute atomic E-state index is 0.217. The number of hydrogen-bond acceptors (Lipinski definition) is 4. The van der Waals surface area contributed by atoms with Crippen LogP contribution < -0.4 is 9.47 Å². The van der Waals surface area contributed by atoms with Crippen LogP contribution in [-0.4, -0.2) is 55.7 Å². The molecule has 140 valence electrons. The summed E-state index contributed by atoms with van der Waals surface area (Å²) in [5.41, 5.74) is 0.990. The highest BCUT2D eigenvalue weighted by Gasteiger charge is 2.17. The molecule has 0 saturated carbocycles. The SMILES string of the molecule is FC(F)Oc1cccc(CN2CCN(CCOc3ccccc3)CC2)c1. The summed E-state index contributed by atoms with van der Waals surface area (Å²) >= 11 is 0. The van der Waals surface area contributed by atoms with Gasteiger partial charge in [0, 0.05) is 39.3 Å². The second-order valence-electron chi connectivity index (χ2n) is 6.31. The number of halogens is 2. The average Bonchev–Trinajstić information content (AvgIpc) is 2.64. The van der Waals surface area contributed by atoms with Crippen LogP contribution in [0.1, 0.15) is 5.56 Å². The van der Waals surface area contributed by atoms with E-state index in [0.29, 0.717) is 6.61 Å². The van der Waals surface area contributed by atoms with Gasteiger partial charge < -0.3 is 9.47 Å². The molecule has 0 spiro atoms. The summed E-state index contributed by atoms with van der Waals surface area (Å²) < 4.78 is 34.8. The number of nitrogens with zero attached hydrogens (tertiary/aromatic N) is 2. The highest BCUT2D eigenvalue weighted by Crippen LogP contribution is 2.18. The summed E-state index contributed by atoms with van der Waals surface area (Å²) in [4.78, 5) is 4.71. The summed E-state index contributed by atoms with van der Waals surface area (Å²) in [5, 5.41) is 0. The van der Waals surface area contributed by atoms with Gasteiger partial charge in [0.25, 0.3) is 0 Å². The lowest BCUT2D eigenvalue weighted by Crippen LogP contribution is -2.47. The molecule has 0 unspecified atom stereocenters. The van der Waals surface area contributed by atoms with Crippen molar-refractivity contribution in [1.82, 2.24) is 9.80 Å². The zero-order valence-electron chi connectivity index (χ0n) is 14.7. The van der Waals surface area contributed by atoms with Crippen LogP contribution in [0.3, 0.4) is 0 Å². The van der Waals surface area contributed by atoms with E-state index < -0.39 is 6.61 Å². The zero-order valence-corrected chi connectivity index (χ0v) is 14.7. The Bertz CT molecular complexity index is 662. The van der Waals surface area contributed by atoms with E-state index in [-0.39, 0.29) is 5.75 Å². The lowest BCUT2D eigenvalue weighted by Gasteiger charge is -2.34. The summed E-state index contributed by atoms with van der Waals surface area (Å²) in [5.74, 6) is 1.12. The predicted octanol–water partition coefficient (Wildman–Crippen LogP) is 3.48. The first-order chi connectivity index (χ1) is 12.7. The zero-order chi connectivity index (χ0) is 18.2. The monoisotopic (exact) mass is 362 g/mol. The van der Waals surface area contributed by atoms with E-state index in [1.807, 2.05) is 36.4 Å². The standard InChI is InChI=1S/C20H24F2N2O2/c21-20(22)26-19-8-4-5-17(15-19)16-24-11-9-23(10-12-24)13-14-25-18-6-2-1-3-7-18/h1-8,15,20H,9-14,16H2. The highest BCUT2D eigenvalue weighted by atomic mass is 19.3. The van der Waals surface area contributed by atoms with Crippen molar-refractivity contribution in [3.05, 3.63) is 60.2 Å². The number of rotatable bonds is 8. The third-order valence-corrected chi connectivity index (χ3v) is 4.41. The van der Waals surface area contributed by atoms with E-state index in [4.69, 9.17) is 4.74 Å². The van der Waals surface area contributed by atoms with E-state index in [0.717, 1.165) is 50.6 Å². The van der Waals surface area contributed by atoms with Crippen LogP contribution in [0.25, 0.3) is 0 Å². The fourth-order valence-corrected chi connectivity index (χ4v) is 3.06. The van der Waals surface area contributed by atoms with Gasteiger partial charge in [0.2, 0.25) is 0 Å². The molecule has 0 radical (unpaired) electrons. The molecule has 1 heterocycles. The Labute approximate surface area is 152 Å². The van der Waals surface area contributed by atoms with Crippen molar-refractivity contribution in [2.75, 3.05) is 39.3 Å². The van der Waals surface area contributed by atoms with Crippen LogP contribution in [-0.2, 0) is 6.54 Å². The highest BCUT2D eigenvalue weighted by molar-refractivity contribution is 5.28. The first-order valence-electron chi connectivity index (χ1n) is 8.85. The van der Waals surface area contributed by atoms with Crippen molar-refractivity contribution in [1.29, 1.82) is 0 Å². The maximum absolute atomic E-state index is 12.3. The molecule has 26 heavy (non-hydrogen) atoms. The minimum Gasteiger partial charge on any atom is -0.492 e. The van der Waals surface area contributed by atoms with E-state index in [9.17, 15) is 8.78 Å². The van der Waals surface area contributed by atoms with Crippen molar-refractivity contribution in [2.24, 2.45) is 0 Å². The van der Waals surface area contributed by atoms with Crippen LogP contribution in [0.15, 0.2) is 54.6 Å². The van der Waals surface area contributed by atoms with Crippen LogP contribution in [0, 0.1) is 0 Å². The molecule has 0 aromatic heterocycles. The van der Waals surface area contributed by atoms with Gasteiger partial charge in [-0.2, -0.15) is 8.78 Å². The molecule has 1 aliphatic rings. The first kappa shape index (κ1) is 18.6. The maximum Gasteiger partial charge on any atom is 0.387 e. The summed E-state index contributed by atoms with van der Waals surface area (Å²) in [7, 11) is 0. The summed E-state index contributed by atoms with van der Waals surface area (Å²) in [6, 6.07) is 16.8. The van der Waals surface area contributed by atoms with Crippen LogP contribution in [0.5, 0.6) is 11.5 Å². The Kier molecular flexibility index (Phi) is 6.80. The van der Waals surface area contributed by atoms with Crippen LogP contribution >= 0.6 is 0 Å². The van der Waals surface area contributed by atoms with E-state index in [2.05, 4.69) is 14.5 Å². The number of para-hydroxylation sites is 1. The molecule has 4 nitrogen and oxygen atoms in total. The lowest BCUT2D eigenvalue weighted by molar-refractivity contribution is -0.0499. The topological polar surface area (TPSA) is 24.9 Å². The van der Waals surface area contributed by atoms with Crippen molar-refractivity contribution >= 4 is 0 Å². The van der Waals surface area contributed by atoms with E-state index in [1.165, 1.54) is 0 Å². The van der Waals surface area contributed by atoms with Crippen molar-refractivity contribution in [3.8, 4) is 11.5 Å². The van der Waals surface area contributed by atoms with Gasteiger partial charge in [-0.1, -0.05) is 30.3 Å². The molecule has 3 rings (SSSR count). The third-order valence-electron chi connectivity index (χ3n) is 4.41. The first-order valence-corrected chi connectivity index (χ1v) is 8.85. The quantitative estimate of drug-likeness (QED) is 0.718. The second kappa shape index (κ2) is 9.50. The molecule has 6 heteroatoms. The van der Waals surface area contributed by atoms with Crippen molar-refractivity contribution in [2.45, 2.75) is 13.2 Å². The third kappa shape index (κ3) is 5.97. The second-order valence-corrected chi connectivity index (χ2v) is 6.31. The van der Waals surface area contributed by atoms with Gasteiger partial charge in [-0.25, -0.2) is 0 Å².